The van der Waals surface area contributed by atoms with Crippen molar-refractivity contribution in [2.24, 2.45) is 17.8 Å². The molecule has 3 aliphatic heterocycles. The molecule has 0 fully saturated rings. The fourth-order valence-corrected chi connectivity index (χ4v) is 16.2. The number of hydrogen-bond donors (Lipinski definition) is 2. The van der Waals surface area contributed by atoms with Gasteiger partial charge in [0.15, 0.2) is 0 Å². The Morgan fingerprint density at radius 2 is 1.20 bits per heavy atom. The van der Waals surface area contributed by atoms with Crippen LogP contribution < -0.4 is 4.74 Å². The van der Waals surface area contributed by atoms with Gasteiger partial charge in [-0.3, -0.25) is 0 Å². The maximum Gasteiger partial charge on any atom is 0.131 e. The molecule has 416 valence electrons. The van der Waals surface area contributed by atoms with E-state index in [9.17, 15) is 10.2 Å². The normalized spacial score (nSPS) is 23.7. The molecule has 16 rings (SSSR count). The number of allylic oxidation sites excluding steroid dienone is 15. The molecular weight excluding hydrogens is 1040 g/mol. The van der Waals surface area contributed by atoms with Gasteiger partial charge in [0.1, 0.15) is 40.3 Å². The molecule has 0 aromatic heterocycles. The van der Waals surface area contributed by atoms with E-state index in [1.165, 1.54) is 83.5 Å². The van der Waals surface area contributed by atoms with Crippen LogP contribution in [-0.4, -0.2) is 10.2 Å². The second kappa shape index (κ2) is 20.8. The van der Waals surface area contributed by atoms with Gasteiger partial charge in [-0.05, 0) is 176 Å². The molecule has 0 saturated heterocycles. The highest BCUT2D eigenvalue weighted by molar-refractivity contribution is 5.92. The van der Waals surface area contributed by atoms with Crippen molar-refractivity contribution in [1.82, 2.24) is 0 Å². The molecule has 0 saturated carbocycles. The van der Waals surface area contributed by atoms with E-state index in [4.69, 9.17) is 14.2 Å². The lowest BCUT2D eigenvalue weighted by Gasteiger charge is -2.48. The van der Waals surface area contributed by atoms with Crippen LogP contribution in [0.1, 0.15) is 114 Å². The molecule has 5 heteroatoms. The Balaban J connectivity index is 0.852. The van der Waals surface area contributed by atoms with Crippen LogP contribution in [0, 0.1) is 17.8 Å². The predicted molar refractivity (Wildman–Crippen MR) is 341 cm³/mol. The standard InChI is InChI=1S/C80H66O5/c1-3-66-75(60-34-32-58(81)45-47(60)2)72(54-25-19-51(20-26-54)48-13-7-4-8-14-48)77-62-37-43-70-79(64(62)36-41-68(77)83-66)74(56-29-23-53(24-30-56)50-17-11-6-12-18-50)80-65-39-42-69-78(63(65)38-44-71(80)85-70)73(55-27-21-52(22-28-55)49-15-9-5-10-16-49)76-61-35-33-59(82)46-57(61)31-40-67(76)84-69/h3-21,23-27,29-31,33,35-36,39-42,45-46,52,55,62,64,72-74,81-82H,1,22,28,32,34,37-38,43-44H2,2H3/t52-,55+,62+,64?,72?,73?,74?/m1/s1. The highest BCUT2D eigenvalue weighted by atomic mass is 16.5. The Morgan fingerprint density at radius 1 is 0.529 bits per heavy atom. The first-order valence-corrected chi connectivity index (χ1v) is 30.7. The highest BCUT2D eigenvalue weighted by Gasteiger charge is 2.50. The summed E-state index contributed by atoms with van der Waals surface area (Å²) in [5, 5.41) is 23.9. The van der Waals surface area contributed by atoms with Crippen molar-refractivity contribution in [2.75, 3.05) is 0 Å². The number of hydrogen-bond acceptors (Lipinski definition) is 5. The zero-order valence-electron chi connectivity index (χ0n) is 47.8. The van der Waals surface area contributed by atoms with Gasteiger partial charge in [-0.2, -0.15) is 0 Å². The summed E-state index contributed by atoms with van der Waals surface area (Å²) < 4.78 is 21.9. The molecule has 0 spiro atoms. The second-order valence-corrected chi connectivity index (χ2v) is 24.5. The summed E-state index contributed by atoms with van der Waals surface area (Å²) in [4.78, 5) is 0. The highest BCUT2D eigenvalue weighted by Crippen LogP contribution is 2.63. The molecule has 85 heavy (non-hydrogen) atoms. The summed E-state index contributed by atoms with van der Waals surface area (Å²) >= 11 is 0. The van der Waals surface area contributed by atoms with Crippen LogP contribution in [0.4, 0.5) is 0 Å². The largest absolute Gasteiger partial charge is 0.512 e. The number of aliphatic hydroxyl groups is 1. The van der Waals surface area contributed by atoms with Gasteiger partial charge >= 0.3 is 0 Å². The number of benzene rings is 8. The van der Waals surface area contributed by atoms with Crippen molar-refractivity contribution >= 4 is 16.3 Å². The molecule has 8 aliphatic rings. The molecule has 8 aromatic carbocycles. The predicted octanol–water partition coefficient (Wildman–Crippen LogP) is 20.2. The summed E-state index contributed by atoms with van der Waals surface area (Å²) in [6.45, 7) is 6.51. The van der Waals surface area contributed by atoms with Crippen molar-refractivity contribution in [3.63, 3.8) is 0 Å². The van der Waals surface area contributed by atoms with E-state index in [1.54, 1.807) is 0 Å². The summed E-state index contributed by atoms with van der Waals surface area (Å²) in [5.74, 6) is 6.82. The Hall–Kier alpha value is -9.32. The number of aromatic hydroxyl groups is 1. The third kappa shape index (κ3) is 8.64. The van der Waals surface area contributed by atoms with E-state index < -0.39 is 0 Å². The minimum Gasteiger partial charge on any atom is -0.512 e. The minimum absolute atomic E-state index is 0.000579. The monoisotopic (exact) mass is 1110 g/mol. The van der Waals surface area contributed by atoms with E-state index in [0.29, 0.717) is 24.5 Å². The van der Waals surface area contributed by atoms with Crippen molar-refractivity contribution < 1.29 is 24.4 Å². The molecule has 4 unspecified atom stereocenters. The Labute approximate surface area is 498 Å². The van der Waals surface area contributed by atoms with Crippen LogP contribution >= 0.6 is 0 Å². The Morgan fingerprint density at radius 3 is 1.88 bits per heavy atom. The van der Waals surface area contributed by atoms with Crippen LogP contribution in [0.2, 0.25) is 0 Å². The maximum absolute atomic E-state index is 10.9. The number of aliphatic hydroxyl groups excluding tert-OH is 1. The zero-order chi connectivity index (χ0) is 56.9. The van der Waals surface area contributed by atoms with Crippen molar-refractivity contribution in [3.05, 3.63) is 321 Å². The first kappa shape index (κ1) is 51.3. The lowest BCUT2D eigenvalue weighted by molar-refractivity contribution is 0.216. The first-order valence-electron chi connectivity index (χ1n) is 30.7. The fraction of sp³-hybridized carbons (Fsp3) is 0.200. The van der Waals surface area contributed by atoms with Gasteiger partial charge in [0.05, 0.1) is 5.76 Å². The van der Waals surface area contributed by atoms with Gasteiger partial charge in [0.25, 0.3) is 0 Å². The molecular formula is C80H66O5. The van der Waals surface area contributed by atoms with Gasteiger partial charge in [-0.1, -0.05) is 183 Å². The molecule has 7 atom stereocenters. The molecule has 3 heterocycles. The van der Waals surface area contributed by atoms with Crippen molar-refractivity contribution in [2.45, 2.75) is 82.0 Å². The van der Waals surface area contributed by atoms with Crippen LogP contribution in [0.5, 0.6) is 17.2 Å². The Bertz CT molecular complexity index is 4320. The smallest absolute Gasteiger partial charge is 0.131 e. The van der Waals surface area contributed by atoms with E-state index in [-0.39, 0.29) is 41.3 Å². The van der Waals surface area contributed by atoms with Gasteiger partial charge in [-0.15, -0.1) is 0 Å². The lowest BCUT2D eigenvalue weighted by atomic mass is 9.59. The molecule has 2 N–H and O–H groups in total. The third-order valence-electron chi connectivity index (χ3n) is 20.0. The fourth-order valence-electron chi connectivity index (χ4n) is 16.2. The number of phenols is 1. The summed E-state index contributed by atoms with van der Waals surface area (Å²) in [5.41, 5.74) is 21.0. The van der Waals surface area contributed by atoms with Crippen LogP contribution in [0.25, 0.3) is 38.6 Å². The number of rotatable bonds is 8. The average Bonchev–Trinajstić information content (AvgIpc) is 2.40. The average molecular weight is 1110 g/mol. The first-order chi connectivity index (χ1) is 41.8. The van der Waals surface area contributed by atoms with Crippen LogP contribution in [0.3, 0.4) is 0 Å². The Kier molecular flexibility index (Phi) is 12.5. The number of phenolic OH excluding ortho intramolecular Hbond substituents is 1. The van der Waals surface area contributed by atoms with E-state index in [2.05, 4.69) is 208 Å². The SMILES string of the molecule is C=CC1=C(C2=C(C)C=C(O)CC2)C(c2ccc(-c3ccccc3)cc2)C2=C(C=CC3C4=C(CC[C@H]23)OC2=C(c3ccc5c(c3CC2)C([C@H]2C=C[C@@H](c3ccccc3)CC2)c2c(ccc3cc(O)ccc23)O5)C4c2ccc(-c3ccccc3)cc2)O1. The van der Waals surface area contributed by atoms with E-state index in [0.717, 1.165) is 95.0 Å². The van der Waals surface area contributed by atoms with Crippen molar-refractivity contribution in [1.29, 1.82) is 0 Å². The molecule has 5 aliphatic carbocycles. The van der Waals surface area contributed by atoms with Crippen molar-refractivity contribution in [3.8, 4) is 39.5 Å². The molecule has 0 bridgehead atoms. The van der Waals surface area contributed by atoms with E-state index >= 15 is 0 Å². The molecule has 0 radical (unpaired) electrons. The molecule has 8 aromatic rings. The third-order valence-corrected chi connectivity index (χ3v) is 20.0. The molecule has 5 nitrogen and oxygen atoms in total. The summed E-state index contributed by atoms with van der Waals surface area (Å²) in [6, 6.07) is 65.6. The quantitative estimate of drug-likeness (QED) is 0.148. The van der Waals surface area contributed by atoms with Gasteiger partial charge in [-0.25, -0.2) is 0 Å². The van der Waals surface area contributed by atoms with E-state index in [1.807, 2.05) is 24.3 Å². The summed E-state index contributed by atoms with van der Waals surface area (Å²) in [6.07, 6.45) is 20.2. The zero-order valence-corrected chi connectivity index (χ0v) is 47.8. The maximum atomic E-state index is 10.9. The minimum atomic E-state index is -0.124. The van der Waals surface area contributed by atoms with Crippen LogP contribution in [-0.2, 0) is 15.9 Å². The van der Waals surface area contributed by atoms with Gasteiger partial charge in [0, 0.05) is 71.1 Å². The molecule has 0 amide bonds. The topological polar surface area (TPSA) is 68.2 Å². The lowest BCUT2D eigenvalue weighted by Crippen LogP contribution is -2.36. The summed E-state index contributed by atoms with van der Waals surface area (Å²) in [7, 11) is 0. The van der Waals surface area contributed by atoms with Gasteiger partial charge < -0.3 is 24.4 Å². The number of fused-ring (bicyclic) bond motifs is 10. The van der Waals surface area contributed by atoms with Crippen LogP contribution in [0.15, 0.2) is 282 Å². The number of ether oxygens (including phenoxy) is 3. The van der Waals surface area contributed by atoms with Gasteiger partial charge in [0.2, 0.25) is 0 Å². The second-order valence-electron chi connectivity index (χ2n) is 24.5.